The van der Waals surface area contributed by atoms with E-state index in [2.05, 4.69) is 11.4 Å². The van der Waals surface area contributed by atoms with Crippen LogP contribution in [0.15, 0.2) is 18.2 Å². The van der Waals surface area contributed by atoms with Gasteiger partial charge in [-0.3, -0.25) is 5.32 Å². The van der Waals surface area contributed by atoms with E-state index < -0.39 is 5.54 Å². The van der Waals surface area contributed by atoms with Crippen molar-refractivity contribution in [3.05, 3.63) is 29.3 Å². The Hall–Kier alpha value is -1.57. The molecule has 1 unspecified atom stereocenters. The number of aryl methyl sites for hydroxylation is 1. The van der Waals surface area contributed by atoms with Crippen LogP contribution in [0.5, 0.6) is 5.75 Å². The standard InChI is InChI=1S/C15H20N2O2/c1-19-13-5-6-14-12(10-13)4-2-7-15(14,11-16)17-8-3-9-18/h5-6,10,17-18H,2-4,7-9H2,1H3. The molecule has 0 saturated heterocycles. The van der Waals surface area contributed by atoms with E-state index in [9.17, 15) is 5.26 Å². The van der Waals surface area contributed by atoms with Crippen LogP contribution in [0.25, 0.3) is 0 Å². The first-order valence-electron chi connectivity index (χ1n) is 6.70. The molecule has 0 spiro atoms. The molecule has 2 rings (SSSR count). The van der Waals surface area contributed by atoms with Gasteiger partial charge in [-0.2, -0.15) is 5.26 Å². The number of hydrogen-bond acceptors (Lipinski definition) is 4. The molecule has 0 heterocycles. The maximum Gasteiger partial charge on any atom is 0.132 e. The zero-order valence-corrected chi connectivity index (χ0v) is 11.3. The van der Waals surface area contributed by atoms with E-state index in [0.717, 1.165) is 30.6 Å². The predicted octanol–water partition coefficient (Wildman–Crippen LogP) is 1.72. The first-order valence-corrected chi connectivity index (χ1v) is 6.70. The average Bonchev–Trinajstić information content (AvgIpc) is 2.47. The van der Waals surface area contributed by atoms with Gasteiger partial charge in [-0.25, -0.2) is 0 Å². The lowest BCUT2D eigenvalue weighted by atomic mass is 9.77. The third kappa shape index (κ3) is 2.73. The Morgan fingerprint density at radius 2 is 2.37 bits per heavy atom. The second kappa shape index (κ2) is 6.05. The first-order chi connectivity index (χ1) is 9.25. The van der Waals surface area contributed by atoms with Gasteiger partial charge in [0.25, 0.3) is 0 Å². The lowest BCUT2D eigenvalue weighted by Crippen LogP contribution is -2.44. The third-order valence-electron chi connectivity index (χ3n) is 3.72. The van der Waals surface area contributed by atoms with Crippen LogP contribution < -0.4 is 10.1 Å². The molecule has 1 aromatic carbocycles. The van der Waals surface area contributed by atoms with Gasteiger partial charge < -0.3 is 9.84 Å². The summed E-state index contributed by atoms with van der Waals surface area (Å²) in [5.74, 6) is 0.836. The summed E-state index contributed by atoms with van der Waals surface area (Å²) in [7, 11) is 1.65. The number of aliphatic hydroxyl groups excluding tert-OH is 1. The van der Waals surface area contributed by atoms with Gasteiger partial charge in [-0.05, 0) is 55.5 Å². The summed E-state index contributed by atoms with van der Waals surface area (Å²) >= 11 is 0. The van der Waals surface area contributed by atoms with Crippen LogP contribution in [-0.4, -0.2) is 25.4 Å². The third-order valence-corrected chi connectivity index (χ3v) is 3.72. The topological polar surface area (TPSA) is 65.3 Å². The minimum absolute atomic E-state index is 0.143. The molecule has 0 fully saturated rings. The Kier molecular flexibility index (Phi) is 4.41. The maximum atomic E-state index is 9.61. The van der Waals surface area contributed by atoms with Crippen LogP contribution in [-0.2, 0) is 12.0 Å². The van der Waals surface area contributed by atoms with Gasteiger partial charge >= 0.3 is 0 Å². The van der Waals surface area contributed by atoms with E-state index in [1.807, 2.05) is 18.2 Å². The number of ether oxygens (including phenoxy) is 1. The van der Waals surface area contributed by atoms with Crippen LogP contribution in [0, 0.1) is 11.3 Å². The van der Waals surface area contributed by atoms with Crippen molar-refractivity contribution in [2.45, 2.75) is 31.2 Å². The zero-order chi connectivity index (χ0) is 13.7. The number of nitrogens with zero attached hydrogens (tertiary/aromatic N) is 1. The summed E-state index contributed by atoms with van der Waals surface area (Å²) in [6, 6.07) is 8.35. The molecule has 2 N–H and O–H groups in total. The summed E-state index contributed by atoms with van der Waals surface area (Å²) in [5.41, 5.74) is 1.62. The summed E-state index contributed by atoms with van der Waals surface area (Å²) in [6.45, 7) is 0.791. The molecule has 4 heteroatoms. The van der Waals surface area contributed by atoms with Gasteiger partial charge in [0.2, 0.25) is 0 Å². The molecule has 1 aliphatic rings. The molecule has 19 heavy (non-hydrogen) atoms. The van der Waals surface area contributed by atoms with Crippen molar-refractivity contribution in [2.75, 3.05) is 20.3 Å². The van der Waals surface area contributed by atoms with Gasteiger partial charge in [-0.1, -0.05) is 6.07 Å². The molecule has 0 amide bonds. The van der Waals surface area contributed by atoms with Crippen molar-refractivity contribution in [1.29, 1.82) is 5.26 Å². The van der Waals surface area contributed by atoms with Gasteiger partial charge in [0.15, 0.2) is 0 Å². The van der Waals surface area contributed by atoms with Gasteiger partial charge in [0.05, 0.1) is 13.2 Å². The normalized spacial score (nSPS) is 21.5. The molecule has 102 valence electrons. The van der Waals surface area contributed by atoms with Gasteiger partial charge in [0.1, 0.15) is 11.3 Å². The van der Waals surface area contributed by atoms with Crippen molar-refractivity contribution in [1.82, 2.24) is 5.32 Å². The number of benzene rings is 1. The molecule has 0 bridgehead atoms. The van der Waals surface area contributed by atoms with Crippen LogP contribution >= 0.6 is 0 Å². The molecule has 0 radical (unpaired) electrons. The molecule has 1 atom stereocenters. The quantitative estimate of drug-likeness (QED) is 0.791. The van der Waals surface area contributed by atoms with Crippen LogP contribution in [0.4, 0.5) is 0 Å². The van der Waals surface area contributed by atoms with E-state index in [1.165, 1.54) is 5.56 Å². The Balaban J connectivity index is 2.31. The number of fused-ring (bicyclic) bond motifs is 1. The highest BCUT2D eigenvalue weighted by Gasteiger charge is 2.36. The van der Waals surface area contributed by atoms with Crippen LogP contribution in [0.3, 0.4) is 0 Å². The van der Waals surface area contributed by atoms with Crippen molar-refractivity contribution in [3.8, 4) is 11.8 Å². The monoisotopic (exact) mass is 260 g/mol. The number of hydrogen-bond donors (Lipinski definition) is 2. The Morgan fingerprint density at radius 3 is 3.05 bits per heavy atom. The van der Waals surface area contributed by atoms with E-state index in [-0.39, 0.29) is 6.61 Å². The fourth-order valence-electron chi connectivity index (χ4n) is 2.72. The lowest BCUT2D eigenvalue weighted by molar-refractivity contribution is 0.273. The largest absolute Gasteiger partial charge is 0.497 e. The molecule has 0 aliphatic heterocycles. The van der Waals surface area contributed by atoms with Gasteiger partial charge in [0, 0.05) is 6.61 Å². The Labute approximate surface area is 114 Å². The maximum absolute atomic E-state index is 9.61. The molecule has 0 aromatic heterocycles. The second-order valence-corrected chi connectivity index (χ2v) is 4.90. The van der Waals surface area contributed by atoms with Crippen molar-refractivity contribution in [2.24, 2.45) is 0 Å². The number of nitriles is 1. The highest BCUT2D eigenvalue weighted by atomic mass is 16.5. The minimum atomic E-state index is -0.616. The van der Waals surface area contributed by atoms with Crippen molar-refractivity contribution in [3.63, 3.8) is 0 Å². The molecule has 4 nitrogen and oxygen atoms in total. The van der Waals surface area contributed by atoms with E-state index >= 15 is 0 Å². The summed E-state index contributed by atoms with van der Waals surface area (Å²) < 4.78 is 5.24. The van der Waals surface area contributed by atoms with E-state index in [1.54, 1.807) is 7.11 Å². The van der Waals surface area contributed by atoms with E-state index in [4.69, 9.17) is 9.84 Å². The molecule has 0 saturated carbocycles. The highest BCUT2D eigenvalue weighted by molar-refractivity contribution is 5.45. The number of aliphatic hydroxyl groups is 1. The zero-order valence-electron chi connectivity index (χ0n) is 11.3. The molecule has 1 aliphatic carbocycles. The second-order valence-electron chi connectivity index (χ2n) is 4.90. The minimum Gasteiger partial charge on any atom is -0.497 e. The molecular weight excluding hydrogens is 240 g/mol. The first kappa shape index (κ1) is 13.9. The van der Waals surface area contributed by atoms with Crippen LogP contribution in [0.2, 0.25) is 0 Å². The van der Waals surface area contributed by atoms with Crippen molar-refractivity contribution >= 4 is 0 Å². The summed E-state index contributed by atoms with van der Waals surface area (Å²) in [6.07, 6.45) is 3.45. The Bertz CT molecular complexity index is 482. The number of nitrogens with one attached hydrogen (secondary N) is 1. The van der Waals surface area contributed by atoms with Gasteiger partial charge in [-0.15, -0.1) is 0 Å². The van der Waals surface area contributed by atoms with Crippen LogP contribution in [0.1, 0.15) is 30.4 Å². The Morgan fingerprint density at radius 1 is 1.53 bits per heavy atom. The van der Waals surface area contributed by atoms with Crippen molar-refractivity contribution < 1.29 is 9.84 Å². The fourth-order valence-corrected chi connectivity index (χ4v) is 2.72. The predicted molar refractivity (Wildman–Crippen MR) is 72.9 cm³/mol. The average molecular weight is 260 g/mol. The molecular formula is C15H20N2O2. The fraction of sp³-hybridized carbons (Fsp3) is 0.533. The smallest absolute Gasteiger partial charge is 0.132 e. The molecule has 1 aromatic rings. The lowest BCUT2D eigenvalue weighted by Gasteiger charge is -2.34. The summed E-state index contributed by atoms with van der Waals surface area (Å²) in [5, 5.41) is 21.8. The highest BCUT2D eigenvalue weighted by Crippen LogP contribution is 2.36. The summed E-state index contributed by atoms with van der Waals surface area (Å²) in [4.78, 5) is 0. The SMILES string of the molecule is COc1ccc2c(c1)CCCC2(C#N)NCCCO. The van der Waals surface area contributed by atoms with E-state index in [0.29, 0.717) is 13.0 Å². The number of methoxy groups -OCH3 is 1. The number of rotatable bonds is 5.